The first-order valence-corrected chi connectivity index (χ1v) is 4.59. The molecular weight excluding hydrogens is 180 g/mol. The van der Waals surface area contributed by atoms with Crippen molar-refractivity contribution in [2.75, 3.05) is 6.61 Å². The zero-order chi connectivity index (χ0) is 11.0. The van der Waals surface area contributed by atoms with E-state index in [0.717, 1.165) is 0 Å². The van der Waals surface area contributed by atoms with E-state index in [1.54, 1.807) is 26.8 Å². The Hall–Kier alpha value is -1.25. The molecule has 0 amide bonds. The summed E-state index contributed by atoms with van der Waals surface area (Å²) in [5.41, 5.74) is -0.496. The van der Waals surface area contributed by atoms with E-state index in [4.69, 9.17) is 9.47 Å². The third-order valence-electron chi connectivity index (χ3n) is 1.13. The monoisotopic (exact) mass is 198 g/mol. The molecule has 0 spiro atoms. The second-order valence-electron chi connectivity index (χ2n) is 3.73. The van der Waals surface area contributed by atoms with Crippen LogP contribution in [-0.2, 0) is 9.47 Å². The van der Waals surface area contributed by atoms with E-state index in [2.05, 4.69) is 0 Å². The zero-order valence-electron chi connectivity index (χ0n) is 9.24. The molecule has 0 N–H and O–H groups in total. The SMILES string of the molecule is C/C=C/C=C/COC(=O)OC(C)(C)C. The van der Waals surface area contributed by atoms with Crippen LogP contribution in [0.25, 0.3) is 0 Å². The maximum absolute atomic E-state index is 11.0. The van der Waals surface area contributed by atoms with E-state index < -0.39 is 11.8 Å². The summed E-state index contributed by atoms with van der Waals surface area (Å²) in [4.78, 5) is 11.0. The molecule has 0 aliphatic rings. The lowest BCUT2D eigenvalue weighted by atomic mass is 10.2. The molecule has 0 aromatic heterocycles. The Labute approximate surface area is 85.4 Å². The summed E-state index contributed by atoms with van der Waals surface area (Å²) in [6.07, 6.45) is 6.67. The van der Waals surface area contributed by atoms with Gasteiger partial charge in [-0.2, -0.15) is 0 Å². The summed E-state index contributed by atoms with van der Waals surface area (Å²) >= 11 is 0. The van der Waals surface area contributed by atoms with Crippen LogP contribution >= 0.6 is 0 Å². The molecule has 80 valence electrons. The Morgan fingerprint density at radius 3 is 2.43 bits per heavy atom. The van der Waals surface area contributed by atoms with Crippen molar-refractivity contribution in [1.82, 2.24) is 0 Å². The van der Waals surface area contributed by atoms with Crippen molar-refractivity contribution in [2.24, 2.45) is 0 Å². The highest BCUT2D eigenvalue weighted by atomic mass is 16.7. The second-order valence-corrected chi connectivity index (χ2v) is 3.73. The average Bonchev–Trinajstić information content (AvgIpc) is 2.00. The van der Waals surface area contributed by atoms with Crippen molar-refractivity contribution < 1.29 is 14.3 Å². The number of ether oxygens (including phenoxy) is 2. The summed E-state index contributed by atoms with van der Waals surface area (Å²) in [5.74, 6) is 0. The van der Waals surface area contributed by atoms with Gasteiger partial charge in [0.1, 0.15) is 12.2 Å². The number of carbonyl (C=O) groups is 1. The van der Waals surface area contributed by atoms with Crippen molar-refractivity contribution in [1.29, 1.82) is 0 Å². The van der Waals surface area contributed by atoms with Crippen LogP contribution in [-0.4, -0.2) is 18.4 Å². The topological polar surface area (TPSA) is 35.5 Å². The first kappa shape index (κ1) is 12.8. The van der Waals surface area contributed by atoms with Crippen LogP contribution in [0.2, 0.25) is 0 Å². The van der Waals surface area contributed by atoms with Crippen molar-refractivity contribution >= 4 is 6.16 Å². The van der Waals surface area contributed by atoms with E-state index in [0.29, 0.717) is 0 Å². The maximum Gasteiger partial charge on any atom is 0.509 e. The van der Waals surface area contributed by atoms with E-state index >= 15 is 0 Å². The van der Waals surface area contributed by atoms with E-state index in [1.807, 2.05) is 25.2 Å². The fourth-order valence-corrected chi connectivity index (χ4v) is 0.641. The van der Waals surface area contributed by atoms with Crippen molar-refractivity contribution in [3.05, 3.63) is 24.3 Å². The molecule has 3 heteroatoms. The fourth-order valence-electron chi connectivity index (χ4n) is 0.641. The van der Waals surface area contributed by atoms with Gasteiger partial charge in [-0.3, -0.25) is 0 Å². The molecule has 0 unspecified atom stereocenters. The Morgan fingerprint density at radius 2 is 1.93 bits per heavy atom. The molecule has 0 radical (unpaired) electrons. The lowest BCUT2D eigenvalue weighted by Crippen LogP contribution is -2.24. The third kappa shape index (κ3) is 8.84. The van der Waals surface area contributed by atoms with Gasteiger partial charge in [0, 0.05) is 0 Å². The van der Waals surface area contributed by atoms with Crippen molar-refractivity contribution in [3.8, 4) is 0 Å². The van der Waals surface area contributed by atoms with Crippen molar-refractivity contribution in [3.63, 3.8) is 0 Å². The van der Waals surface area contributed by atoms with Crippen molar-refractivity contribution in [2.45, 2.75) is 33.3 Å². The molecule has 0 rings (SSSR count). The average molecular weight is 198 g/mol. The molecule has 3 nitrogen and oxygen atoms in total. The van der Waals surface area contributed by atoms with Gasteiger partial charge >= 0.3 is 6.16 Å². The van der Waals surface area contributed by atoms with Crippen LogP contribution in [0.4, 0.5) is 4.79 Å². The summed E-state index contributed by atoms with van der Waals surface area (Å²) in [6.45, 7) is 7.54. The minimum absolute atomic E-state index is 0.235. The van der Waals surface area contributed by atoms with Gasteiger partial charge in [0.15, 0.2) is 0 Å². The summed E-state index contributed by atoms with van der Waals surface area (Å²) in [5, 5.41) is 0. The lowest BCUT2D eigenvalue weighted by molar-refractivity contribution is -0.00241. The first-order chi connectivity index (χ1) is 6.45. The van der Waals surface area contributed by atoms with Gasteiger partial charge in [-0.25, -0.2) is 4.79 Å². The standard InChI is InChI=1S/C11H18O3/c1-5-6-7-8-9-13-10(12)14-11(2,3)4/h5-8H,9H2,1-4H3/b6-5+,8-7+. The minimum atomic E-state index is -0.636. The number of rotatable bonds is 3. The largest absolute Gasteiger partial charge is 0.509 e. The maximum atomic E-state index is 11.0. The molecule has 0 aliphatic carbocycles. The van der Waals surface area contributed by atoms with Gasteiger partial charge in [0.2, 0.25) is 0 Å². The van der Waals surface area contributed by atoms with Crippen LogP contribution in [0.15, 0.2) is 24.3 Å². The van der Waals surface area contributed by atoms with Gasteiger partial charge in [-0.1, -0.05) is 18.2 Å². The predicted molar refractivity (Wildman–Crippen MR) is 56.1 cm³/mol. The normalized spacial score (nSPS) is 12.3. The highest BCUT2D eigenvalue weighted by Gasteiger charge is 2.16. The Kier molecular flexibility index (Phi) is 5.68. The molecule has 0 fully saturated rings. The number of carbonyl (C=O) groups excluding carboxylic acids is 1. The Morgan fingerprint density at radius 1 is 1.29 bits per heavy atom. The van der Waals surface area contributed by atoms with Crippen LogP contribution in [0, 0.1) is 0 Å². The van der Waals surface area contributed by atoms with Crippen LogP contribution in [0.1, 0.15) is 27.7 Å². The molecule has 0 saturated carbocycles. The molecule has 0 atom stereocenters. The highest BCUT2D eigenvalue weighted by molar-refractivity contribution is 5.60. The number of hydrogen-bond acceptors (Lipinski definition) is 3. The number of allylic oxidation sites excluding steroid dienone is 3. The summed E-state index contributed by atoms with van der Waals surface area (Å²) in [6, 6.07) is 0. The minimum Gasteiger partial charge on any atom is -0.430 e. The predicted octanol–water partition coefficient (Wildman–Crippen LogP) is 3.07. The molecule has 0 aromatic carbocycles. The summed E-state index contributed by atoms with van der Waals surface area (Å²) < 4.78 is 9.71. The van der Waals surface area contributed by atoms with Gasteiger partial charge < -0.3 is 9.47 Å². The molecule has 0 bridgehead atoms. The van der Waals surface area contributed by atoms with Crippen LogP contribution < -0.4 is 0 Å². The van der Waals surface area contributed by atoms with Gasteiger partial charge in [-0.05, 0) is 33.8 Å². The van der Waals surface area contributed by atoms with Gasteiger partial charge in [0.05, 0.1) is 0 Å². The zero-order valence-corrected chi connectivity index (χ0v) is 9.24. The molecular formula is C11H18O3. The molecule has 0 aliphatic heterocycles. The molecule has 14 heavy (non-hydrogen) atoms. The van der Waals surface area contributed by atoms with E-state index in [9.17, 15) is 4.79 Å². The van der Waals surface area contributed by atoms with Crippen LogP contribution in [0.3, 0.4) is 0 Å². The third-order valence-corrected chi connectivity index (χ3v) is 1.13. The second kappa shape index (κ2) is 6.24. The molecule has 0 saturated heterocycles. The highest BCUT2D eigenvalue weighted by Crippen LogP contribution is 2.07. The van der Waals surface area contributed by atoms with Gasteiger partial charge in [-0.15, -0.1) is 0 Å². The van der Waals surface area contributed by atoms with E-state index in [1.165, 1.54) is 0 Å². The quantitative estimate of drug-likeness (QED) is 0.516. The first-order valence-electron chi connectivity index (χ1n) is 4.59. The fraction of sp³-hybridized carbons (Fsp3) is 0.545. The Bertz CT molecular complexity index is 221. The van der Waals surface area contributed by atoms with E-state index in [-0.39, 0.29) is 6.61 Å². The number of hydrogen-bond donors (Lipinski definition) is 0. The van der Waals surface area contributed by atoms with Gasteiger partial charge in [0.25, 0.3) is 0 Å². The molecule has 0 heterocycles. The Balaban J connectivity index is 3.65. The smallest absolute Gasteiger partial charge is 0.430 e. The molecule has 0 aromatic rings. The summed E-state index contributed by atoms with van der Waals surface area (Å²) in [7, 11) is 0. The van der Waals surface area contributed by atoms with Crippen LogP contribution in [0.5, 0.6) is 0 Å². The lowest BCUT2D eigenvalue weighted by Gasteiger charge is -2.18.